The Hall–Kier alpha value is -3.92. The molecule has 4 aromatic carbocycles. The van der Waals surface area contributed by atoms with Crippen LogP contribution in [0.15, 0.2) is 127 Å². The van der Waals surface area contributed by atoms with Crippen molar-refractivity contribution in [2.75, 3.05) is 5.32 Å². The number of carbonyl (C=O) groups is 1. The van der Waals surface area contributed by atoms with Gasteiger partial charge < -0.3 is 9.73 Å². The van der Waals surface area contributed by atoms with Crippen molar-refractivity contribution in [3.05, 3.63) is 128 Å². The molecule has 41 heavy (non-hydrogen) atoms. The van der Waals surface area contributed by atoms with Crippen molar-refractivity contribution in [1.82, 2.24) is 15.0 Å². The summed E-state index contributed by atoms with van der Waals surface area (Å²) >= 11 is 10.3. The number of hydrogen-bond acceptors (Lipinski definition) is 5. The minimum atomic E-state index is -0.153. The molecule has 0 aliphatic heterocycles. The van der Waals surface area contributed by atoms with Gasteiger partial charge in [0, 0.05) is 47.7 Å². The zero-order chi connectivity index (χ0) is 28.3. The first-order valence-corrected chi connectivity index (χ1v) is 14.8. The zero-order valence-corrected chi connectivity index (χ0v) is 25.9. The molecule has 1 N–H and O–H groups in total. The molecule has 1 amide bonds. The van der Waals surface area contributed by atoms with Gasteiger partial charge in [-0.15, -0.1) is 0 Å². The van der Waals surface area contributed by atoms with Crippen LogP contribution in [0, 0.1) is 0 Å². The lowest BCUT2D eigenvalue weighted by Gasteiger charge is -2.08. The van der Waals surface area contributed by atoms with Crippen LogP contribution in [0.4, 0.5) is 5.69 Å². The van der Waals surface area contributed by atoms with Crippen LogP contribution < -0.4 is 5.32 Å². The van der Waals surface area contributed by atoms with Crippen LogP contribution in [0.1, 0.15) is 10.4 Å². The van der Waals surface area contributed by atoms with Crippen molar-refractivity contribution < 1.29 is 9.21 Å². The number of oxazole rings is 1. The number of carbonyl (C=O) groups excluding carboxylic acids is 1. The average molecular weight is 731 g/mol. The molecule has 0 radical (unpaired) electrons. The standard InChI is InChI=1S/C16H10Br2N2O.C16H9BrN2O/c17-12-4-5-13(18)15(9-12)20-16(21)11-3-6-14-10(8-11)2-1-7-19-14;17-12-4-6-15-14(9-12)19-16(20-15)11-3-5-13-10(8-11)2-1-7-18-13/h1-9H,(H,20,21);1-9H. The molecule has 0 aliphatic rings. The molecular weight excluding hydrogens is 712 g/mol. The Morgan fingerprint density at radius 3 is 2.15 bits per heavy atom. The quantitative estimate of drug-likeness (QED) is 0.196. The van der Waals surface area contributed by atoms with Gasteiger partial charge in [0.1, 0.15) is 5.52 Å². The number of benzene rings is 4. The Kier molecular flexibility index (Phi) is 7.91. The molecule has 0 atom stereocenters. The molecule has 0 spiro atoms. The van der Waals surface area contributed by atoms with E-state index in [-0.39, 0.29) is 5.91 Å². The van der Waals surface area contributed by atoms with E-state index in [0.29, 0.717) is 11.5 Å². The van der Waals surface area contributed by atoms with E-state index in [1.165, 1.54) is 0 Å². The summed E-state index contributed by atoms with van der Waals surface area (Å²) < 4.78 is 8.54. The molecule has 0 bridgehead atoms. The topological polar surface area (TPSA) is 80.9 Å². The van der Waals surface area contributed by atoms with E-state index in [0.717, 1.165) is 57.6 Å². The molecule has 0 unspecified atom stereocenters. The number of halogens is 3. The first-order valence-electron chi connectivity index (χ1n) is 12.5. The maximum Gasteiger partial charge on any atom is 0.255 e. The molecule has 0 fully saturated rings. The Morgan fingerprint density at radius 2 is 1.37 bits per heavy atom. The molecule has 3 aromatic heterocycles. The lowest BCUT2D eigenvalue weighted by molar-refractivity contribution is 0.102. The van der Waals surface area contributed by atoms with E-state index < -0.39 is 0 Å². The fourth-order valence-corrected chi connectivity index (χ4v) is 5.29. The van der Waals surface area contributed by atoms with E-state index in [4.69, 9.17) is 4.42 Å². The summed E-state index contributed by atoms with van der Waals surface area (Å²) in [4.78, 5) is 25.4. The summed E-state index contributed by atoms with van der Waals surface area (Å²) in [7, 11) is 0. The van der Waals surface area contributed by atoms with Gasteiger partial charge in [0.05, 0.1) is 16.7 Å². The smallest absolute Gasteiger partial charge is 0.255 e. The summed E-state index contributed by atoms with van der Waals surface area (Å²) in [5.41, 5.74) is 5.75. The van der Waals surface area contributed by atoms with Crippen LogP contribution in [0.5, 0.6) is 0 Å². The number of fused-ring (bicyclic) bond motifs is 3. The second-order valence-corrected chi connectivity index (χ2v) is 11.7. The number of aromatic nitrogens is 3. The highest BCUT2D eigenvalue weighted by atomic mass is 79.9. The third-order valence-corrected chi connectivity index (χ3v) is 7.92. The number of nitrogens with zero attached hydrogens (tertiary/aromatic N) is 3. The van der Waals surface area contributed by atoms with Crippen LogP contribution >= 0.6 is 47.8 Å². The minimum Gasteiger partial charge on any atom is -0.436 e. The van der Waals surface area contributed by atoms with E-state index >= 15 is 0 Å². The van der Waals surface area contributed by atoms with Crippen molar-refractivity contribution in [3.63, 3.8) is 0 Å². The predicted molar refractivity (Wildman–Crippen MR) is 174 cm³/mol. The third kappa shape index (κ3) is 6.22. The fraction of sp³-hybridized carbons (Fsp3) is 0. The molecule has 0 aliphatic carbocycles. The number of rotatable bonds is 3. The summed E-state index contributed by atoms with van der Waals surface area (Å²) in [5, 5.41) is 4.92. The number of amides is 1. The first-order chi connectivity index (χ1) is 19.9. The zero-order valence-electron chi connectivity index (χ0n) is 21.2. The lowest BCUT2D eigenvalue weighted by atomic mass is 10.1. The number of nitrogens with one attached hydrogen (secondary N) is 1. The van der Waals surface area contributed by atoms with E-state index in [9.17, 15) is 4.79 Å². The average Bonchev–Trinajstić information content (AvgIpc) is 3.42. The Labute approximate surface area is 260 Å². The highest BCUT2D eigenvalue weighted by Gasteiger charge is 2.11. The minimum absolute atomic E-state index is 0.153. The van der Waals surface area contributed by atoms with Gasteiger partial charge in [0.2, 0.25) is 5.89 Å². The second kappa shape index (κ2) is 11.9. The Bertz CT molecular complexity index is 2060. The monoisotopic (exact) mass is 728 g/mol. The summed E-state index contributed by atoms with van der Waals surface area (Å²) in [6.07, 6.45) is 3.53. The van der Waals surface area contributed by atoms with Crippen LogP contribution in [0.25, 0.3) is 44.4 Å². The van der Waals surface area contributed by atoms with Crippen LogP contribution in [-0.4, -0.2) is 20.9 Å². The third-order valence-electron chi connectivity index (χ3n) is 6.24. The molecule has 0 saturated heterocycles. The maximum atomic E-state index is 12.4. The van der Waals surface area contributed by atoms with Crippen molar-refractivity contribution in [2.45, 2.75) is 0 Å². The molecular formula is C32H19Br3N4O2. The predicted octanol–water partition coefficient (Wildman–Crippen LogP) is 9.82. The maximum absolute atomic E-state index is 12.4. The number of pyridine rings is 2. The lowest BCUT2D eigenvalue weighted by Crippen LogP contribution is -2.12. The largest absolute Gasteiger partial charge is 0.436 e. The van der Waals surface area contributed by atoms with Gasteiger partial charge in [-0.2, -0.15) is 0 Å². The first kappa shape index (κ1) is 27.3. The van der Waals surface area contributed by atoms with Crippen LogP contribution in [0.2, 0.25) is 0 Å². The van der Waals surface area contributed by atoms with E-state index in [1.807, 2.05) is 91.0 Å². The highest BCUT2D eigenvalue weighted by Crippen LogP contribution is 2.29. The molecule has 6 nitrogen and oxygen atoms in total. The molecule has 7 rings (SSSR count). The van der Waals surface area contributed by atoms with Crippen molar-refractivity contribution >= 4 is 92.3 Å². The van der Waals surface area contributed by atoms with Gasteiger partial charge in [-0.1, -0.05) is 44.0 Å². The van der Waals surface area contributed by atoms with Crippen molar-refractivity contribution in [1.29, 1.82) is 0 Å². The van der Waals surface area contributed by atoms with Crippen molar-refractivity contribution in [2.24, 2.45) is 0 Å². The fourth-order valence-electron chi connectivity index (χ4n) is 4.24. The van der Waals surface area contributed by atoms with Crippen LogP contribution in [-0.2, 0) is 0 Å². The van der Waals surface area contributed by atoms with Crippen molar-refractivity contribution in [3.8, 4) is 11.5 Å². The van der Waals surface area contributed by atoms with Gasteiger partial charge in [-0.05, 0) is 101 Å². The number of hydrogen-bond donors (Lipinski definition) is 1. The van der Waals surface area contributed by atoms with E-state index in [2.05, 4.69) is 68.1 Å². The molecule has 7 aromatic rings. The Balaban J connectivity index is 0.000000148. The molecule has 9 heteroatoms. The van der Waals surface area contributed by atoms with Gasteiger partial charge in [0.25, 0.3) is 5.91 Å². The van der Waals surface area contributed by atoms with Gasteiger partial charge in [-0.25, -0.2) is 4.98 Å². The molecule has 0 saturated carbocycles. The normalized spacial score (nSPS) is 10.9. The van der Waals surface area contributed by atoms with Gasteiger partial charge in [0.15, 0.2) is 5.58 Å². The summed E-state index contributed by atoms with van der Waals surface area (Å²) in [5.74, 6) is 0.475. The summed E-state index contributed by atoms with van der Waals surface area (Å²) in [6.45, 7) is 0. The summed E-state index contributed by atoms with van der Waals surface area (Å²) in [6, 6.07) is 30.7. The van der Waals surface area contributed by atoms with Gasteiger partial charge in [-0.3, -0.25) is 14.8 Å². The second-order valence-electron chi connectivity index (χ2n) is 9.03. The van der Waals surface area contributed by atoms with Gasteiger partial charge >= 0.3 is 0 Å². The highest BCUT2D eigenvalue weighted by molar-refractivity contribution is 9.11. The van der Waals surface area contributed by atoms with E-state index in [1.54, 1.807) is 18.5 Å². The molecule has 200 valence electrons. The number of anilines is 1. The SMILES string of the molecule is Brc1ccc2oc(-c3ccc4ncccc4c3)nc2c1.O=C(Nc1cc(Br)ccc1Br)c1ccc2ncccc2c1. The molecule has 3 heterocycles. The van der Waals surface area contributed by atoms with Crippen LogP contribution in [0.3, 0.4) is 0 Å². The Morgan fingerprint density at radius 1 is 0.683 bits per heavy atom.